The molecule has 0 bridgehead atoms. The number of rotatable bonds is 3. The number of nitrogens with zero attached hydrogens (tertiary/aromatic N) is 3. The third kappa shape index (κ3) is 3.23. The van der Waals surface area contributed by atoms with Gasteiger partial charge in [0.05, 0.1) is 18.1 Å². The molecule has 0 aliphatic carbocycles. The molecule has 22 heavy (non-hydrogen) atoms. The normalized spacial score (nSPS) is 18.1. The number of aromatic nitrogens is 2. The molecule has 0 spiro atoms. The molecule has 6 heteroatoms. The minimum absolute atomic E-state index is 0.0401. The van der Waals surface area contributed by atoms with Gasteiger partial charge < -0.3 is 9.84 Å². The summed E-state index contributed by atoms with van der Waals surface area (Å²) in [5.41, 5.74) is 1.85. The van der Waals surface area contributed by atoms with Crippen molar-refractivity contribution in [3.05, 3.63) is 53.6 Å². The summed E-state index contributed by atoms with van der Waals surface area (Å²) < 4.78 is 5.92. The summed E-state index contributed by atoms with van der Waals surface area (Å²) in [7, 11) is 0. The fourth-order valence-electron chi connectivity index (χ4n) is 2.57. The number of carboxylic acids is 1. The van der Waals surface area contributed by atoms with Crippen LogP contribution in [-0.2, 0) is 13.1 Å². The molecular weight excluding hydrogens is 282 g/mol. The molecule has 1 atom stereocenters. The summed E-state index contributed by atoms with van der Waals surface area (Å²) in [5.74, 6) is -0.144. The molecule has 0 radical (unpaired) electrons. The number of benzene rings is 1. The van der Waals surface area contributed by atoms with Gasteiger partial charge >= 0.3 is 5.97 Å². The Morgan fingerprint density at radius 3 is 2.91 bits per heavy atom. The maximum absolute atomic E-state index is 10.8. The molecule has 3 rings (SSSR count). The molecule has 1 unspecified atom stereocenters. The lowest BCUT2D eigenvalue weighted by atomic mass is 10.2. The van der Waals surface area contributed by atoms with Crippen LogP contribution < -0.4 is 4.74 Å². The Morgan fingerprint density at radius 1 is 1.36 bits per heavy atom. The third-order valence-electron chi connectivity index (χ3n) is 3.52. The molecule has 1 aromatic heterocycles. The Kier molecular flexibility index (Phi) is 4.02. The molecule has 0 amide bonds. The van der Waals surface area contributed by atoms with E-state index < -0.39 is 5.97 Å². The van der Waals surface area contributed by atoms with E-state index in [2.05, 4.69) is 20.9 Å². The minimum atomic E-state index is -1.07. The number of para-hydroxylation sites is 1. The van der Waals surface area contributed by atoms with Crippen molar-refractivity contribution in [1.29, 1.82) is 0 Å². The second kappa shape index (κ2) is 6.11. The fraction of sp³-hybridized carbons (Fsp3) is 0.312. The first-order valence-electron chi connectivity index (χ1n) is 7.13. The van der Waals surface area contributed by atoms with Gasteiger partial charge in [-0.15, -0.1) is 0 Å². The second-order valence-electron chi connectivity index (χ2n) is 5.40. The molecule has 1 N–H and O–H groups in total. The van der Waals surface area contributed by atoms with Crippen molar-refractivity contribution in [2.24, 2.45) is 0 Å². The molecule has 0 saturated heterocycles. The number of ether oxygens (including phenoxy) is 1. The van der Waals surface area contributed by atoms with E-state index >= 15 is 0 Å². The number of fused-ring (bicyclic) bond motifs is 1. The third-order valence-corrected chi connectivity index (χ3v) is 3.52. The van der Waals surface area contributed by atoms with E-state index in [1.165, 1.54) is 12.4 Å². The van der Waals surface area contributed by atoms with Gasteiger partial charge in [0.25, 0.3) is 0 Å². The summed E-state index contributed by atoms with van der Waals surface area (Å²) in [6.07, 6.45) is 2.89. The number of carboxylic acid groups (broad SMARTS) is 1. The zero-order valence-electron chi connectivity index (χ0n) is 12.3. The van der Waals surface area contributed by atoms with Crippen LogP contribution in [-0.4, -0.2) is 38.6 Å². The lowest BCUT2D eigenvalue weighted by Gasteiger charge is -2.21. The van der Waals surface area contributed by atoms with Gasteiger partial charge in [-0.3, -0.25) is 9.88 Å². The van der Waals surface area contributed by atoms with Gasteiger partial charge in [-0.05, 0) is 13.0 Å². The van der Waals surface area contributed by atoms with Gasteiger partial charge in [0.15, 0.2) is 5.69 Å². The van der Waals surface area contributed by atoms with Crippen LogP contribution >= 0.6 is 0 Å². The number of hydrogen-bond acceptors (Lipinski definition) is 5. The summed E-state index contributed by atoms with van der Waals surface area (Å²) >= 11 is 0. The van der Waals surface area contributed by atoms with Crippen molar-refractivity contribution in [3.8, 4) is 5.75 Å². The van der Waals surface area contributed by atoms with Crippen LogP contribution in [0.4, 0.5) is 0 Å². The average molecular weight is 299 g/mol. The second-order valence-corrected chi connectivity index (χ2v) is 5.40. The number of hydrogen-bond donors (Lipinski definition) is 1. The van der Waals surface area contributed by atoms with Crippen LogP contribution in [0.2, 0.25) is 0 Å². The number of aromatic carboxylic acids is 1. The Hall–Kier alpha value is -2.47. The number of carbonyl (C=O) groups is 1. The van der Waals surface area contributed by atoms with Crippen molar-refractivity contribution in [2.75, 3.05) is 6.54 Å². The molecule has 0 saturated carbocycles. The van der Waals surface area contributed by atoms with E-state index in [9.17, 15) is 4.79 Å². The molecule has 1 aliphatic heterocycles. The van der Waals surface area contributed by atoms with Gasteiger partial charge in [-0.1, -0.05) is 18.2 Å². The molecule has 2 aromatic rings. The highest BCUT2D eigenvalue weighted by atomic mass is 16.5. The van der Waals surface area contributed by atoms with Gasteiger partial charge in [0.2, 0.25) is 0 Å². The minimum Gasteiger partial charge on any atom is -0.489 e. The Balaban J connectivity index is 1.76. The summed E-state index contributed by atoms with van der Waals surface area (Å²) in [6, 6.07) is 8.01. The summed E-state index contributed by atoms with van der Waals surface area (Å²) in [4.78, 5) is 21.1. The van der Waals surface area contributed by atoms with Crippen molar-refractivity contribution in [1.82, 2.24) is 14.9 Å². The highest BCUT2D eigenvalue weighted by Gasteiger charge is 2.20. The van der Waals surface area contributed by atoms with Gasteiger partial charge in [-0.2, -0.15) is 0 Å². The maximum atomic E-state index is 10.8. The SMILES string of the molecule is CC1CN(Cc2cnc(C(=O)O)cn2)Cc2ccccc2O1. The topological polar surface area (TPSA) is 75.6 Å². The first kappa shape index (κ1) is 14.5. The lowest BCUT2D eigenvalue weighted by Crippen LogP contribution is -2.30. The van der Waals surface area contributed by atoms with E-state index in [4.69, 9.17) is 9.84 Å². The predicted molar refractivity (Wildman–Crippen MR) is 79.6 cm³/mol. The largest absolute Gasteiger partial charge is 0.489 e. The smallest absolute Gasteiger partial charge is 0.356 e. The van der Waals surface area contributed by atoms with Crippen molar-refractivity contribution >= 4 is 5.97 Å². The highest BCUT2D eigenvalue weighted by molar-refractivity contribution is 5.84. The van der Waals surface area contributed by atoms with Crippen LogP contribution in [0.1, 0.15) is 28.7 Å². The molecule has 1 aliphatic rings. The maximum Gasteiger partial charge on any atom is 0.356 e. The fourth-order valence-corrected chi connectivity index (χ4v) is 2.57. The first-order chi connectivity index (χ1) is 10.6. The van der Waals surface area contributed by atoms with E-state index in [-0.39, 0.29) is 11.8 Å². The first-order valence-corrected chi connectivity index (χ1v) is 7.13. The van der Waals surface area contributed by atoms with Crippen LogP contribution in [0.15, 0.2) is 36.7 Å². The zero-order valence-corrected chi connectivity index (χ0v) is 12.3. The molecule has 6 nitrogen and oxygen atoms in total. The molecule has 2 heterocycles. The van der Waals surface area contributed by atoms with Crippen molar-refractivity contribution in [2.45, 2.75) is 26.1 Å². The van der Waals surface area contributed by atoms with Crippen molar-refractivity contribution < 1.29 is 14.6 Å². The molecule has 0 fully saturated rings. The van der Waals surface area contributed by atoms with E-state index in [0.717, 1.165) is 30.1 Å². The van der Waals surface area contributed by atoms with Crippen LogP contribution in [0.3, 0.4) is 0 Å². The van der Waals surface area contributed by atoms with E-state index in [1.54, 1.807) is 0 Å². The van der Waals surface area contributed by atoms with Gasteiger partial charge in [0, 0.05) is 25.2 Å². The van der Waals surface area contributed by atoms with Crippen LogP contribution in [0.5, 0.6) is 5.75 Å². The van der Waals surface area contributed by atoms with E-state index in [0.29, 0.717) is 6.54 Å². The summed E-state index contributed by atoms with van der Waals surface area (Å²) in [6.45, 7) is 4.18. The molecule has 114 valence electrons. The quantitative estimate of drug-likeness (QED) is 0.933. The molecular formula is C16H17N3O3. The monoisotopic (exact) mass is 299 g/mol. The predicted octanol–water partition coefficient (Wildman–Crippen LogP) is 1.96. The van der Waals surface area contributed by atoms with E-state index in [1.807, 2.05) is 25.1 Å². The lowest BCUT2D eigenvalue weighted by molar-refractivity contribution is 0.0690. The van der Waals surface area contributed by atoms with Gasteiger partial charge in [0.1, 0.15) is 11.9 Å². The standard InChI is InChI=1S/C16H17N3O3/c1-11-8-19(9-12-4-2-3-5-15(12)22-11)10-13-6-18-14(7-17-13)16(20)21/h2-7,11H,8-10H2,1H3,(H,20,21). The Morgan fingerprint density at radius 2 is 2.18 bits per heavy atom. The zero-order chi connectivity index (χ0) is 15.5. The Labute approximate surface area is 128 Å². The van der Waals surface area contributed by atoms with Crippen LogP contribution in [0, 0.1) is 0 Å². The van der Waals surface area contributed by atoms with Crippen LogP contribution in [0.25, 0.3) is 0 Å². The van der Waals surface area contributed by atoms with Crippen molar-refractivity contribution in [3.63, 3.8) is 0 Å². The Bertz CT molecular complexity index is 673. The van der Waals surface area contributed by atoms with Gasteiger partial charge in [-0.25, -0.2) is 9.78 Å². The molecule has 1 aromatic carbocycles. The summed E-state index contributed by atoms with van der Waals surface area (Å²) in [5, 5.41) is 8.85. The average Bonchev–Trinajstić information content (AvgIpc) is 2.65. The highest BCUT2D eigenvalue weighted by Crippen LogP contribution is 2.25.